The fourth-order valence-electron chi connectivity index (χ4n) is 5.16. The Balaban J connectivity index is 2.09. The number of anilines is 1. The third-order valence-electron chi connectivity index (χ3n) is 7.34. The van der Waals surface area contributed by atoms with Gasteiger partial charge >= 0.3 is 5.97 Å². The molecule has 3 atom stereocenters. The maximum absolute atomic E-state index is 13.6. The number of nitrogens with zero attached hydrogens (tertiary/aromatic N) is 2. The summed E-state index contributed by atoms with van der Waals surface area (Å²) < 4.78 is 38.9. The number of halogens is 1. The van der Waals surface area contributed by atoms with Gasteiger partial charge in [-0.25, -0.2) is 12.8 Å². The van der Waals surface area contributed by atoms with Crippen LogP contribution in [0.5, 0.6) is 0 Å². The van der Waals surface area contributed by atoms with Crippen LogP contribution in [-0.2, 0) is 25.2 Å². The molecule has 0 aliphatic rings. The molecule has 9 heteroatoms. The van der Waals surface area contributed by atoms with Crippen molar-refractivity contribution < 1.29 is 27.5 Å². The predicted molar refractivity (Wildman–Crippen MR) is 153 cm³/mol. The van der Waals surface area contributed by atoms with Crippen molar-refractivity contribution in [2.75, 3.05) is 17.2 Å². The van der Waals surface area contributed by atoms with Crippen LogP contribution in [0.15, 0.2) is 42.6 Å². The topological polar surface area (TPSA) is 105 Å². The first-order chi connectivity index (χ1) is 18.5. The van der Waals surface area contributed by atoms with Crippen LogP contribution >= 0.6 is 0 Å². The van der Waals surface area contributed by atoms with Gasteiger partial charge in [0.1, 0.15) is 12.4 Å². The quantitative estimate of drug-likeness (QED) is 0.246. The molecule has 0 bridgehead atoms. The second-order valence-electron chi connectivity index (χ2n) is 10.5. The zero-order chi connectivity index (χ0) is 29.0. The summed E-state index contributed by atoms with van der Waals surface area (Å²) in [4.78, 5) is 30.8. The standard InChI is InChI=1S/C30H43FN2O5S/c1-5-9-24(12-11-23(6-2)20-39(37,38)21-25-13-15-27(31)16-14-25)18-26(7-3)30(36)33(19-29(34)35)28-10-8-17-32-22(28)4/h8,10,13-17,23-24,26H,5-7,9,11-12,18-21H2,1-4H3,(H,34,35). The second kappa shape index (κ2) is 15.7. The highest BCUT2D eigenvalue weighted by Gasteiger charge is 2.29. The monoisotopic (exact) mass is 562 g/mol. The van der Waals surface area contributed by atoms with Gasteiger partial charge in [0.15, 0.2) is 9.84 Å². The molecule has 1 amide bonds. The lowest BCUT2D eigenvalue weighted by atomic mass is 9.84. The minimum absolute atomic E-state index is 0.00728. The van der Waals surface area contributed by atoms with Gasteiger partial charge in [-0.1, -0.05) is 58.6 Å². The lowest BCUT2D eigenvalue weighted by molar-refractivity contribution is -0.137. The Morgan fingerprint density at radius 2 is 1.67 bits per heavy atom. The third-order valence-corrected chi connectivity index (χ3v) is 9.09. The molecule has 39 heavy (non-hydrogen) atoms. The molecule has 7 nitrogen and oxygen atoms in total. The molecule has 2 aromatic rings. The number of rotatable bonds is 17. The largest absolute Gasteiger partial charge is 0.480 e. The van der Waals surface area contributed by atoms with E-state index < -0.39 is 28.2 Å². The first kappa shape index (κ1) is 32.4. The zero-order valence-corrected chi connectivity index (χ0v) is 24.4. The van der Waals surface area contributed by atoms with Gasteiger partial charge in [-0.05, 0) is 67.9 Å². The highest BCUT2D eigenvalue weighted by molar-refractivity contribution is 7.90. The lowest BCUT2D eigenvalue weighted by Crippen LogP contribution is -2.41. The minimum atomic E-state index is -3.36. The van der Waals surface area contributed by atoms with Gasteiger partial charge in [-0.15, -0.1) is 0 Å². The van der Waals surface area contributed by atoms with Gasteiger partial charge in [0.05, 0.1) is 22.9 Å². The van der Waals surface area contributed by atoms with Crippen molar-refractivity contribution in [3.63, 3.8) is 0 Å². The Morgan fingerprint density at radius 3 is 2.23 bits per heavy atom. The van der Waals surface area contributed by atoms with E-state index in [1.54, 1.807) is 25.3 Å². The number of carboxylic acids is 1. The van der Waals surface area contributed by atoms with Gasteiger partial charge in [0.25, 0.3) is 0 Å². The molecule has 0 aliphatic heterocycles. The summed E-state index contributed by atoms with van der Waals surface area (Å²) >= 11 is 0. The molecule has 1 heterocycles. The Morgan fingerprint density at radius 1 is 1.00 bits per heavy atom. The van der Waals surface area contributed by atoms with Crippen LogP contribution in [0.2, 0.25) is 0 Å². The molecule has 0 radical (unpaired) electrons. The number of sulfone groups is 1. The van der Waals surface area contributed by atoms with Gasteiger partial charge in [0, 0.05) is 12.1 Å². The average Bonchev–Trinajstić information content (AvgIpc) is 2.89. The molecular weight excluding hydrogens is 519 g/mol. The van der Waals surface area contributed by atoms with E-state index in [-0.39, 0.29) is 35.2 Å². The number of aryl methyl sites for hydroxylation is 1. The molecular formula is C30H43FN2O5S. The van der Waals surface area contributed by atoms with E-state index >= 15 is 0 Å². The van der Waals surface area contributed by atoms with Gasteiger partial charge < -0.3 is 5.11 Å². The molecule has 0 spiro atoms. The number of hydrogen-bond donors (Lipinski definition) is 1. The normalized spacial score (nSPS) is 14.0. The second-order valence-corrected chi connectivity index (χ2v) is 12.6. The molecule has 3 unspecified atom stereocenters. The fraction of sp³-hybridized carbons (Fsp3) is 0.567. The van der Waals surface area contributed by atoms with Crippen molar-refractivity contribution in [1.82, 2.24) is 4.98 Å². The molecule has 216 valence electrons. The Hall–Kier alpha value is -2.81. The molecule has 0 fully saturated rings. The number of aromatic nitrogens is 1. The molecule has 1 aromatic heterocycles. The molecule has 0 aliphatic carbocycles. The lowest BCUT2D eigenvalue weighted by Gasteiger charge is -2.29. The number of pyridine rings is 1. The maximum atomic E-state index is 13.6. The van der Waals surface area contributed by atoms with Crippen molar-refractivity contribution in [2.45, 2.75) is 78.4 Å². The summed E-state index contributed by atoms with van der Waals surface area (Å²) in [6.07, 6.45) is 6.92. The minimum Gasteiger partial charge on any atom is -0.480 e. The van der Waals surface area contributed by atoms with E-state index in [4.69, 9.17) is 0 Å². The van der Waals surface area contributed by atoms with Crippen LogP contribution < -0.4 is 4.90 Å². The molecule has 1 aromatic carbocycles. The highest BCUT2D eigenvalue weighted by atomic mass is 32.2. The Labute approximate surface area is 232 Å². The number of carbonyl (C=O) groups is 2. The zero-order valence-electron chi connectivity index (χ0n) is 23.6. The summed E-state index contributed by atoms with van der Waals surface area (Å²) in [5.41, 5.74) is 1.68. The molecule has 0 saturated heterocycles. The van der Waals surface area contributed by atoms with Crippen molar-refractivity contribution in [2.24, 2.45) is 17.8 Å². The number of amides is 1. The summed E-state index contributed by atoms with van der Waals surface area (Å²) in [6.45, 7) is 7.36. The summed E-state index contributed by atoms with van der Waals surface area (Å²) in [5, 5.41) is 9.50. The number of benzene rings is 1. The highest BCUT2D eigenvalue weighted by Crippen LogP contribution is 2.30. The van der Waals surface area contributed by atoms with Crippen LogP contribution in [0, 0.1) is 30.5 Å². The van der Waals surface area contributed by atoms with Crippen LogP contribution in [0.25, 0.3) is 0 Å². The SMILES string of the molecule is CCCC(CCC(CC)CS(=O)(=O)Cc1ccc(F)cc1)CC(CC)C(=O)N(CC(=O)O)c1cccnc1C. The first-order valence-corrected chi connectivity index (χ1v) is 15.7. The van der Waals surface area contributed by atoms with Gasteiger partial charge in [-0.3, -0.25) is 19.5 Å². The number of aliphatic carboxylic acids is 1. The number of carbonyl (C=O) groups excluding carboxylic acids is 1. The van der Waals surface area contributed by atoms with E-state index in [0.717, 1.165) is 32.1 Å². The van der Waals surface area contributed by atoms with Crippen LogP contribution in [0.4, 0.5) is 10.1 Å². The molecule has 1 N–H and O–H groups in total. The van der Waals surface area contributed by atoms with Crippen molar-refractivity contribution >= 4 is 27.4 Å². The molecule has 0 saturated carbocycles. The van der Waals surface area contributed by atoms with E-state index in [2.05, 4.69) is 11.9 Å². The average molecular weight is 563 g/mol. The Kier molecular flexibility index (Phi) is 13.0. The van der Waals surface area contributed by atoms with Crippen molar-refractivity contribution in [1.29, 1.82) is 0 Å². The third kappa shape index (κ3) is 10.7. The van der Waals surface area contributed by atoms with E-state index in [1.807, 2.05) is 13.8 Å². The van der Waals surface area contributed by atoms with Gasteiger partial charge in [-0.2, -0.15) is 0 Å². The van der Waals surface area contributed by atoms with Crippen LogP contribution in [0.1, 0.15) is 77.0 Å². The van der Waals surface area contributed by atoms with Crippen molar-refractivity contribution in [3.8, 4) is 0 Å². The maximum Gasteiger partial charge on any atom is 0.323 e. The summed E-state index contributed by atoms with van der Waals surface area (Å²) in [5.74, 6) is -1.86. The molecule has 2 rings (SSSR count). The van der Waals surface area contributed by atoms with E-state index in [9.17, 15) is 27.5 Å². The Bertz CT molecular complexity index is 1170. The van der Waals surface area contributed by atoms with E-state index in [1.165, 1.54) is 29.2 Å². The van der Waals surface area contributed by atoms with Gasteiger partial charge in [0.2, 0.25) is 5.91 Å². The smallest absolute Gasteiger partial charge is 0.323 e. The van der Waals surface area contributed by atoms with Crippen molar-refractivity contribution in [3.05, 3.63) is 59.7 Å². The first-order valence-electron chi connectivity index (χ1n) is 13.9. The number of hydrogen-bond acceptors (Lipinski definition) is 5. The summed E-state index contributed by atoms with van der Waals surface area (Å²) in [6, 6.07) is 8.98. The fourth-order valence-corrected chi connectivity index (χ4v) is 7.10. The van der Waals surface area contributed by atoms with Crippen LogP contribution in [-0.4, -0.2) is 42.7 Å². The number of carboxylic acid groups (broad SMARTS) is 1. The van der Waals surface area contributed by atoms with Crippen LogP contribution in [0.3, 0.4) is 0 Å². The predicted octanol–water partition coefficient (Wildman–Crippen LogP) is 6.20. The summed E-state index contributed by atoms with van der Waals surface area (Å²) in [7, 11) is -3.36. The van der Waals surface area contributed by atoms with E-state index in [0.29, 0.717) is 29.8 Å².